The molecule has 4 nitrogen and oxygen atoms in total. The molecule has 21 heavy (non-hydrogen) atoms. The highest BCUT2D eigenvalue weighted by molar-refractivity contribution is 7.90. The van der Waals surface area contributed by atoms with Crippen molar-refractivity contribution in [2.24, 2.45) is 22.7 Å². The quantitative estimate of drug-likeness (QED) is 0.805. The number of carbonyl (C=O) groups excluding carboxylic acids is 1. The van der Waals surface area contributed by atoms with Crippen LogP contribution in [0.5, 0.6) is 0 Å². The van der Waals surface area contributed by atoms with Gasteiger partial charge in [-0.1, -0.05) is 34.1 Å². The molecule has 3 fully saturated rings. The summed E-state index contributed by atoms with van der Waals surface area (Å²) < 4.78 is 26.7. The van der Waals surface area contributed by atoms with Crippen molar-refractivity contribution in [2.45, 2.75) is 65.8 Å². The highest BCUT2D eigenvalue weighted by Gasteiger charge is 2.72. The molecule has 4 atom stereocenters. The Labute approximate surface area is 128 Å². The zero-order valence-corrected chi connectivity index (χ0v) is 14.4. The average Bonchev–Trinajstić information content (AvgIpc) is 2.85. The normalized spacial score (nSPS) is 40.3. The van der Waals surface area contributed by atoms with Gasteiger partial charge in [0.15, 0.2) is 0 Å². The Morgan fingerprint density at radius 1 is 1.38 bits per heavy atom. The van der Waals surface area contributed by atoms with E-state index < -0.39 is 10.0 Å². The molecule has 1 spiro atoms. The lowest BCUT2D eigenvalue weighted by Gasteiger charge is -2.37. The van der Waals surface area contributed by atoms with E-state index in [0.29, 0.717) is 5.92 Å². The zero-order valence-electron chi connectivity index (χ0n) is 13.6. The van der Waals surface area contributed by atoms with Gasteiger partial charge in [0, 0.05) is 11.3 Å². The van der Waals surface area contributed by atoms with Crippen molar-refractivity contribution in [3.63, 3.8) is 0 Å². The largest absolute Gasteiger partial charge is 0.273 e. The van der Waals surface area contributed by atoms with Crippen molar-refractivity contribution < 1.29 is 13.2 Å². The summed E-state index contributed by atoms with van der Waals surface area (Å²) in [5.74, 6) is 0.387. The molecular weight excluding hydrogens is 286 g/mol. The smallest absolute Gasteiger partial charge is 0.239 e. The van der Waals surface area contributed by atoms with E-state index in [1.165, 1.54) is 4.31 Å². The summed E-state index contributed by atoms with van der Waals surface area (Å²) in [5.41, 5.74) is -0.161. The SMILES string of the molecule is CCCC(C)C(=O)N1[C@@H]2C[C@H]3CC[C@@]2(CS1(=O)=O)C3(C)C. The van der Waals surface area contributed by atoms with Gasteiger partial charge in [0.2, 0.25) is 15.9 Å². The van der Waals surface area contributed by atoms with Crippen molar-refractivity contribution in [3.8, 4) is 0 Å². The molecule has 1 unspecified atom stereocenters. The van der Waals surface area contributed by atoms with Crippen molar-refractivity contribution in [1.82, 2.24) is 4.31 Å². The Balaban J connectivity index is 1.99. The minimum absolute atomic E-state index is 0.0355. The summed E-state index contributed by atoms with van der Waals surface area (Å²) in [5, 5.41) is 0. The molecule has 3 rings (SSSR count). The highest BCUT2D eigenvalue weighted by atomic mass is 32.2. The van der Waals surface area contributed by atoms with Gasteiger partial charge in [0.25, 0.3) is 0 Å². The van der Waals surface area contributed by atoms with E-state index in [0.717, 1.165) is 32.1 Å². The maximum absolute atomic E-state index is 12.7. The number of hydrogen-bond donors (Lipinski definition) is 0. The number of sulfonamides is 1. The summed E-state index contributed by atoms with van der Waals surface area (Å²) in [6.45, 7) is 8.32. The Hall–Kier alpha value is -0.580. The van der Waals surface area contributed by atoms with Gasteiger partial charge in [-0.3, -0.25) is 4.79 Å². The predicted molar refractivity (Wildman–Crippen MR) is 82.0 cm³/mol. The molecule has 0 aromatic carbocycles. The van der Waals surface area contributed by atoms with Gasteiger partial charge in [-0.2, -0.15) is 0 Å². The Kier molecular flexibility index (Phi) is 3.26. The summed E-state index contributed by atoms with van der Waals surface area (Å²) in [6, 6.07) is -0.0805. The molecule has 2 aliphatic carbocycles. The van der Waals surface area contributed by atoms with Gasteiger partial charge < -0.3 is 0 Å². The highest BCUT2D eigenvalue weighted by Crippen LogP contribution is 2.70. The van der Waals surface area contributed by atoms with Crippen LogP contribution in [0, 0.1) is 22.7 Å². The van der Waals surface area contributed by atoms with Gasteiger partial charge in [0.1, 0.15) is 0 Å². The van der Waals surface area contributed by atoms with Crippen LogP contribution >= 0.6 is 0 Å². The van der Waals surface area contributed by atoms with Gasteiger partial charge in [-0.25, -0.2) is 12.7 Å². The van der Waals surface area contributed by atoms with Crippen LogP contribution in [0.1, 0.15) is 59.8 Å². The van der Waals surface area contributed by atoms with Crippen LogP contribution in [0.4, 0.5) is 0 Å². The number of nitrogens with zero attached hydrogens (tertiary/aromatic N) is 1. The molecule has 120 valence electrons. The average molecular weight is 313 g/mol. The van der Waals surface area contributed by atoms with E-state index in [-0.39, 0.29) is 34.4 Å². The molecule has 0 radical (unpaired) electrons. The molecule has 1 saturated heterocycles. The zero-order chi connectivity index (χ0) is 15.6. The standard InChI is InChI=1S/C16H27NO3S/c1-5-6-11(2)14(18)17-13-9-12-7-8-16(13,15(12,3)4)10-21(17,19)20/h11-13H,5-10H2,1-4H3/t11?,12-,13-,16+/m1/s1. The van der Waals surface area contributed by atoms with Gasteiger partial charge in [-0.05, 0) is 37.0 Å². The van der Waals surface area contributed by atoms with Crippen LogP contribution in [0.3, 0.4) is 0 Å². The maximum Gasteiger partial charge on any atom is 0.239 e. The molecule has 1 heterocycles. The second kappa shape index (κ2) is 4.46. The van der Waals surface area contributed by atoms with E-state index in [2.05, 4.69) is 13.8 Å². The second-order valence-corrected chi connectivity index (χ2v) is 9.79. The van der Waals surface area contributed by atoms with Gasteiger partial charge >= 0.3 is 0 Å². The third-order valence-corrected chi connectivity index (χ3v) is 8.69. The monoisotopic (exact) mass is 313 g/mol. The first kappa shape index (κ1) is 15.3. The summed E-state index contributed by atoms with van der Waals surface area (Å²) in [4.78, 5) is 12.7. The fourth-order valence-corrected chi connectivity index (χ4v) is 7.98. The third kappa shape index (κ3) is 1.79. The molecule has 3 aliphatic rings. The number of fused-ring (bicyclic) bond motifs is 1. The molecule has 1 aliphatic heterocycles. The number of carbonyl (C=O) groups is 1. The number of hydrogen-bond acceptors (Lipinski definition) is 3. The minimum atomic E-state index is -3.44. The van der Waals surface area contributed by atoms with Gasteiger partial charge in [-0.15, -0.1) is 0 Å². The van der Waals surface area contributed by atoms with Crippen LogP contribution in [0.25, 0.3) is 0 Å². The summed E-state index contributed by atoms with van der Waals surface area (Å²) >= 11 is 0. The van der Waals surface area contributed by atoms with Crippen LogP contribution < -0.4 is 0 Å². The summed E-state index contributed by atoms with van der Waals surface area (Å²) in [7, 11) is -3.44. The van der Waals surface area contributed by atoms with Crippen LogP contribution in [0.2, 0.25) is 0 Å². The Morgan fingerprint density at radius 3 is 2.62 bits per heavy atom. The van der Waals surface area contributed by atoms with Crippen LogP contribution in [0.15, 0.2) is 0 Å². The van der Waals surface area contributed by atoms with Crippen LogP contribution in [-0.2, 0) is 14.8 Å². The lowest BCUT2D eigenvalue weighted by atomic mass is 9.69. The molecule has 0 aromatic heterocycles. The minimum Gasteiger partial charge on any atom is -0.273 e. The maximum atomic E-state index is 12.7. The second-order valence-electron chi connectivity index (χ2n) is 7.94. The molecule has 1 amide bonds. The van der Waals surface area contributed by atoms with Crippen molar-refractivity contribution in [1.29, 1.82) is 0 Å². The van der Waals surface area contributed by atoms with Crippen molar-refractivity contribution in [3.05, 3.63) is 0 Å². The number of amides is 1. The third-order valence-electron chi connectivity index (χ3n) is 6.77. The predicted octanol–water partition coefficient (Wildman–Crippen LogP) is 2.79. The van der Waals surface area contributed by atoms with E-state index in [9.17, 15) is 13.2 Å². The topological polar surface area (TPSA) is 54.5 Å². The van der Waals surface area contributed by atoms with Gasteiger partial charge in [0.05, 0.1) is 11.8 Å². The fraction of sp³-hybridized carbons (Fsp3) is 0.938. The molecular formula is C16H27NO3S. The van der Waals surface area contributed by atoms with E-state index in [1.807, 2.05) is 13.8 Å². The van der Waals surface area contributed by atoms with Crippen LogP contribution in [-0.4, -0.2) is 30.4 Å². The Bertz CT molecular complexity index is 568. The first-order chi connectivity index (χ1) is 9.67. The van der Waals surface area contributed by atoms with Crippen molar-refractivity contribution >= 4 is 15.9 Å². The molecule has 0 N–H and O–H groups in total. The molecule has 0 aromatic rings. The molecule has 2 saturated carbocycles. The fourth-order valence-electron chi connectivity index (χ4n) is 5.35. The lowest BCUT2D eigenvalue weighted by molar-refractivity contribution is -0.132. The number of rotatable bonds is 3. The Morgan fingerprint density at radius 2 is 2.05 bits per heavy atom. The van der Waals surface area contributed by atoms with Crippen molar-refractivity contribution in [2.75, 3.05) is 5.75 Å². The molecule has 2 bridgehead atoms. The first-order valence-electron chi connectivity index (χ1n) is 8.23. The summed E-state index contributed by atoms with van der Waals surface area (Å²) in [6.07, 6.45) is 4.62. The first-order valence-corrected chi connectivity index (χ1v) is 9.84. The van der Waals surface area contributed by atoms with E-state index in [4.69, 9.17) is 0 Å². The van der Waals surface area contributed by atoms with E-state index >= 15 is 0 Å². The molecule has 5 heteroatoms. The van der Waals surface area contributed by atoms with E-state index in [1.54, 1.807) is 0 Å². The lowest BCUT2D eigenvalue weighted by Crippen LogP contribution is -2.45.